The van der Waals surface area contributed by atoms with Crippen LogP contribution in [0.2, 0.25) is 0 Å². The molecule has 1 aliphatic rings. The second-order valence-electron chi connectivity index (χ2n) is 4.94. The minimum Gasteiger partial charge on any atom is -0.391 e. The Morgan fingerprint density at radius 3 is 2.89 bits per heavy atom. The van der Waals surface area contributed by atoms with E-state index in [2.05, 4.69) is 22.2 Å². The predicted molar refractivity (Wildman–Crippen MR) is 72.3 cm³/mol. The van der Waals surface area contributed by atoms with Gasteiger partial charge in [0.2, 0.25) is 0 Å². The SMILES string of the molecule is CCCc1c(N)ncnc1NC1CCCCC1O. The minimum atomic E-state index is -0.288. The fraction of sp³-hybridized carbons (Fsp3) is 0.692. The molecule has 1 aromatic rings. The lowest BCUT2D eigenvalue weighted by atomic mass is 9.92. The molecule has 0 spiro atoms. The number of hydrogen-bond donors (Lipinski definition) is 3. The number of hydrogen-bond acceptors (Lipinski definition) is 5. The van der Waals surface area contributed by atoms with Crippen LogP contribution in [0.4, 0.5) is 11.6 Å². The third kappa shape index (κ3) is 2.90. The monoisotopic (exact) mass is 250 g/mol. The smallest absolute Gasteiger partial charge is 0.135 e. The Kier molecular flexibility index (Phi) is 4.36. The molecule has 0 aromatic carbocycles. The summed E-state index contributed by atoms with van der Waals surface area (Å²) in [5, 5.41) is 13.3. The number of anilines is 2. The number of nitrogens with zero attached hydrogens (tertiary/aromatic N) is 2. The highest BCUT2D eigenvalue weighted by Gasteiger charge is 2.24. The van der Waals surface area contributed by atoms with Gasteiger partial charge >= 0.3 is 0 Å². The van der Waals surface area contributed by atoms with Crippen molar-refractivity contribution >= 4 is 11.6 Å². The molecule has 1 saturated carbocycles. The Bertz CT molecular complexity index is 397. The van der Waals surface area contributed by atoms with Crippen LogP contribution >= 0.6 is 0 Å². The topological polar surface area (TPSA) is 84.1 Å². The average Bonchev–Trinajstić information content (AvgIpc) is 2.36. The van der Waals surface area contributed by atoms with Crippen molar-refractivity contribution < 1.29 is 5.11 Å². The molecular formula is C13H22N4O. The number of rotatable bonds is 4. The number of aliphatic hydroxyl groups excluding tert-OH is 1. The standard InChI is InChI=1S/C13H22N4O/c1-2-5-9-12(14)15-8-16-13(9)17-10-6-3-4-7-11(10)18/h8,10-11,18H,2-7H2,1H3,(H3,14,15,16,17). The first-order valence-electron chi connectivity index (χ1n) is 6.76. The van der Waals surface area contributed by atoms with E-state index in [4.69, 9.17) is 5.73 Å². The van der Waals surface area contributed by atoms with Gasteiger partial charge in [-0.3, -0.25) is 0 Å². The third-order valence-corrected chi connectivity index (χ3v) is 3.53. The molecule has 0 radical (unpaired) electrons. The van der Waals surface area contributed by atoms with Gasteiger partial charge in [-0.2, -0.15) is 0 Å². The van der Waals surface area contributed by atoms with Crippen LogP contribution in [0.1, 0.15) is 44.6 Å². The van der Waals surface area contributed by atoms with Gasteiger partial charge in [0, 0.05) is 5.56 Å². The summed E-state index contributed by atoms with van der Waals surface area (Å²) in [4.78, 5) is 8.31. The largest absolute Gasteiger partial charge is 0.391 e. The second-order valence-corrected chi connectivity index (χ2v) is 4.94. The van der Waals surface area contributed by atoms with Crippen molar-refractivity contribution in [3.05, 3.63) is 11.9 Å². The van der Waals surface area contributed by atoms with Crippen molar-refractivity contribution in [1.29, 1.82) is 0 Å². The Balaban J connectivity index is 2.14. The number of nitrogen functional groups attached to an aromatic ring is 1. The van der Waals surface area contributed by atoms with E-state index in [9.17, 15) is 5.11 Å². The molecule has 100 valence electrons. The second kappa shape index (κ2) is 6.00. The molecule has 1 aliphatic carbocycles. The molecule has 0 saturated heterocycles. The van der Waals surface area contributed by atoms with Crippen molar-refractivity contribution in [3.8, 4) is 0 Å². The number of nitrogens with two attached hydrogens (primary N) is 1. The molecule has 4 N–H and O–H groups in total. The van der Waals surface area contributed by atoms with Gasteiger partial charge in [0.05, 0.1) is 12.1 Å². The normalized spacial score (nSPS) is 23.9. The molecule has 1 fully saturated rings. The van der Waals surface area contributed by atoms with Gasteiger partial charge in [0.25, 0.3) is 0 Å². The summed E-state index contributed by atoms with van der Waals surface area (Å²) in [7, 11) is 0. The van der Waals surface area contributed by atoms with E-state index < -0.39 is 0 Å². The highest BCUT2D eigenvalue weighted by Crippen LogP contribution is 2.25. The highest BCUT2D eigenvalue weighted by molar-refractivity contribution is 5.55. The maximum Gasteiger partial charge on any atom is 0.135 e. The van der Waals surface area contributed by atoms with Crippen LogP contribution in [0, 0.1) is 0 Å². The molecule has 2 unspecified atom stereocenters. The number of aromatic nitrogens is 2. The zero-order chi connectivity index (χ0) is 13.0. The van der Waals surface area contributed by atoms with E-state index in [0.717, 1.165) is 49.9 Å². The van der Waals surface area contributed by atoms with Crippen LogP contribution in [0.25, 0.3) is 0 Å². The van der Waals surface area contributed by atoms with Crippen LogP contribution in [-0.2, 0) is 6.42 Å². The lowest BCUT2D eigenvalue weighted by Crippen LogP contribution is -2.37. The Labute approximate surface area is 108 Å². The first-order chi connectivity index (χ1) is 8.72. The summed E-state index contributed by atoms with van der Waals surface area (Å²) in [6, 6.07) is 0.0867. The lowest BCUT2D eigenvalue weighted by Gasteiger charge is -2.29. The summed E-state index contributed by atoms with van der Waals surface area (Å²) in [5.41, 5.74) is 6.86. The molecule has 2 atom stereocenters. The minimum absolute atomic E-state index is 0.0867. The third-order valence-electron chi connectivity index (χ3n) is 3.53. The molecule has 5 nitrogen and oxygen atoms in total. The van der Waals surface area contributed by atoms with Gasteiger partial charge in [0.15, 0.2) is 0 Å². The molecule has 0 aliphatic heterocycles. The highest BCUT2D eigenvalue weighted by atomic mass is 16.3. The van der Waals surface area contributed by atoms with Crippen molar-refractivity contribution in [2.45, 2.75) is 57.6 Å². The van der Waals surface area contributed by atoms with Gasteiger partial charge in [-0.25, -0.2) is 9.97 Å². The van der Waals surface area contributed by atoms with Crippen LogP contribution in [0.15, 0.2) is 6.33 Å². The first kappa shape index (κ1) is 13.1. The average molecular weight is 250 g/mol. The van der Waals surface area contributed by atoms with Crippen molar-refractivity contribution in [1.82, 2.24) is 9.97 Å². The number of aliphatic hydroxyl groups is 1. The first-order valence-corrected chi connectivity index (χ1v) is 6.76. The molecule has 1 heterocycles. The molecule has 0 bridgehead atoms. The van der Waals surface area contributed by atoms with Crippen molar-refractivity contribution in [3.63, 3.8) is 0 Å². The van der Waals surface area contributed by atoms with E-state index >= 15 is 0 Å². The van der Waals surface area contributed by atoms with Gasteiger partial charge in [0.1, 0.15) is 18.0 Å². The summed E-state index contributed by atoms with van der Waals surface area (Å²) < 4.78 is 0. The molecule has 18 heavy (non-hydrogen) atoms. The quantitative estimate of drug-likeness (QED) is 0.758. The van der Waals surface area contributed by atoms with Crippen LogP contribution in [-0.4, -0.2) is 27.2 Å². The Morgan fingerprint density at radius 1 is 1.39 bits per heavy atom. The van der Waals surface area contributed by atoms with E-state index in [1.165, 1.54) is 6.33 Å². The van der Waals surface area contributed by atoms with Crippen LogP contribution in [0.5, 0.6) is 0 Å². The maximum absolute atomic E-state index is 9.98. The van der Waals surface area contributed by atoms with E-state index in [-0.39, 0.29) is 12.1 Å². The molecule has 2 rings (SSSR count). The fourth-order valence-electron chi connectivity index (χ4n) is 2.50. The number of nitrogens with one attached hydrogen (secondary N) is 1. The van der Waals surface area contributed by atoms with Gasteiger partial charge in [-0.1, -0.05) is 26.2 Å². The van der Waals surface area contributed by atoms with Crippen molar-refractivity contribution in [2.24, 2.45) is 0 Å². The van der Waals surface area contributed by atoms with Crippen molar-refractivity contribution in [2.75, 3.05) is 11.1 Å². The maximum atomic E-state index is 9.98. The summed E-state index contributed by atoms with van der Waals surface area (Å²) in [5.74, 6) is 1.33. The van der Waals surface area contributed by atoms with E-state index in [1.54, 1.807) is 0 Å². The summed E-state index contributed by atoms with van der Waals surface area (Å²) in [6.07, 6.45) is 7.15. The predicted octanol–water partition coefficient (Wildman–Crippen LogP) is 1.73. The summed E-state index contributed by atoms with van der Waals surface area (Å²) in [6.45, 7) is 2.10. The van der Waals surface area contributed by atoms with E-state index in [1.807, 2.05) is 0 Å². The van der Waals surface area contributed by atoms with Crippen LogP contribution < -0.4 is 11.1 Å². The van der Waals surface area contributed by atoms with Gasteiger partial charge in [-0.15, -0.1) is 0 Å². The Hall–Kier alpha value is -1.36. The fourth-order valence-corrected chi connectivity index (χ4v) is 2.50. The molecule has 1 aromatic heterocycles. The molecule has 0 amide bonds. The zero-order valence-corrected chi connectivity index (χ0v) is 10.9. The lowest BCUT2D eigenvalue weighted by molar-refractivity contribution is 0.116. The Morgan fingerprint density at radius 2 is 2.17 bits per heavy atom. The molecule has 5 heteroatoms. The van der Waals surface area contributed by atoms with Gasteiger partial charge < -0.3 is 16.2 Å². The van der Waals surface area contributed by atoms with Gasteiger partial charge in [-0.05, 0) is 19.3 Å². The van der Waals surface area contributed by atoms with E-state index in [0.29, 0.717) is 5.82 Å². The van der Waals surface area contributed by atoms with Crippen LogP contribution in [0.3, 0.4) is 0 Å². The summed E-state index contributed by atoms with van der Waals surface area (Å²) >= 11 is 0. The zero-order valence-electron chi connectivity index (χ0n) is 10.9. The molecular weight excluding hydrogens is 228 g/mol.